The summed E-state index contributed by atoms with van der Waals surface area (Å²) in [6, 6.07) is 4.99. The summed E-state index contributed by atoms with van der Waals surface area (Å²) in [5.74, 6) is -0.198. The van der Waals surface area contributed by atoms with E-state index in [1.807, 2.05) is 4.90 Å². The lowest BCUT2D eigenvalue weighted by Crippen LogP contribution is -2.39. The average molecular weight is 263 g/mol. The Labute approximate surface area is 114 Å². The third-order valence-corrected chi connectivity index (χ3v) is 4.01. The van der Waals surface area contributed by atoms with Gasteiger partial charge in [-0.2, -0.15) is 0 Å². The molecule has 1 aromatic rings. The van der Waals surface area contributed by atoms with Gasteiger partial charge in [0.05, 0.1) is 0 Å². The van der Waals surface area contributed by atoms with E-state index in [-0.39, 0.29) is 11.7 Å². The molecular weight excluding hydrogens is 241 g/mol. The third-order valence-electron chi connectivity index (χ3n) is 4.01. The normalized spacial score (nSPS) is 20.2. The minimum absolute atomic E-state index is 0.0526. The minimum atomic E-state index is -0.251. The molecular formula is C16H22FNO. The molecule has 1 unspecified atom stereocenters. The highest BCUT2D eigenvalue weighted by Crippen LogP contribution is 2.22. The Bertz CT molecular complexity index is 458. The van der Waals surface area contributed by atoms with Crippen LogP contribution in [0.1, 0.15) is 54.9 Å². The molecule has 1 atom stereocenters. The summed E-state index contributed by atoms with van der Waals surface area (Å²) in [6.07, 6.45) is 5.55. The first-order valence-corrected chi connectivity index (χ1v) is 7.20. The summed E-state index contributed by atoms with van der Waals surface area (Å²) in [5.41, 5.74) is 1.15. The van der Waals surface area contributed by atoms with E-state index in [1.165, 1.54) is 18.9 Å². The van der Waals surface area contributed by atoms with Gasteiger partial charge in [0.15, 0.2) is 0 Å². The van der Waals surface area contributed by atoms with Crippen LogP contribution in [0.4, 0.5) is 4.39 Å². The first-order chi connectivity index (χ1) is 9.13. The van der Waals surface area contributed by atoms with Gasteiger partial charge in [-0.15, -0.1) is 0 Å². The number of halogens is 1. The minimum Gasteiger partial charge on any atom is -0.336 e. The lowest BCUT2D eigenvalue weighted by atomic mass is 10.1. The number of benzene rings is 1. The van der Waals surface area contributed by atoms with Crippen LogP contribution in [0.25, 0.3) is 0 Å². The van der Waals surface area contributed by atoms with Crippen LogP contribution in [0.3, 0.4) is 0 Å². The van der Waals surface area contributed by atoms with Gasteiger partial charge in [0.25, 0.3) is 5.91 Å². The molecule has 19 heavy (non-hydrogen) atoms. The van der Waals surface area contributed by atoms with Crippen molar-refractivity contribution in [3.8, 4) is 0 Å². The molecule has 0 radical (unpaired) electrons. The smallest absolute Gasteiger partial charge is 0.254 e. The number of carbonyl (C=O) groups is 1. The molecule has 2 rings (SSSR count). The molecule has 0 saturated carbocycles. The Morgan fingerprint density at radius 1 is 1.37 bits per heavy atom. The molecule has 1 aliphatic heterocycles. The number of rotatable bonds is 2. The SMILES string of the molecule is CCC1CCCCCN1C(=O)c1ccc(F)c(C)c1. The molecule has 0 aliphatic carbocycles. The molecule has 104 valence electrons. The van der Waals surface area contributed by atoms with Crippen molar-refractivity contribution < 1.29 is 9.18 Å². The molecule has 1 fully saturated rings. The number of aryl methyl sites for hydroxylation is 1. The zero-order valence-electron chi connectivity index (χ0n) is 11.8. The predicted molar refractivity (Wildman–Crippen MR) is 74.7 cm³/mol. The van der Waals surface area contributed by atoms with Gasteiger partial charge < -0.3 is 4.90 Å². The zero-order chi connectivity index (χ0) is 13.8. The van der Waals surface area contributed by atoms with Crippen LogP contribution >= 0.6 is 0 Å². The van der Waals surface area contributed by atoms with Crippen molar-refractivity contribution in [3.05, 3.63) is 35.1 Å². The monoisotopic (exact) mass is 263 g/mol. The van der Waals surface area contributed by atoms with Gasteiger partial charge in [-0.25, -0.2) is 4.39 Å². The quantitative estimate of drug-likeness (QED) is 0.791. The van der Waals surface area contributed by atoms with E-state index in [0.717, 1.165) is 25.8 Å². The maximum atomic E-state index is 13.3. The van der Waals surface area contributed by atoms with Crippen molar-refractivity contribution in [1.82, 2.24) is 4.90 Å². The number of carbonyl (C=O) groups excluding carboxylic acids is 1. The van der Waals surface area contributed by atoms with Crippen molar-refractivity contribution in [1.29, 1.82) is 0 Å². The molecule has 0 N–H and O–H groups in total. The zero-order valence-corrected chi connectivity index (χ0v) is 11.8. The summed E-state index contributed by atoms with van der Waals surface area (Å²) in [4.78, 5) is 14.6. The second-order valence-corrected chi connectivity index (χ2v) is 5.37. The van der Waals surface area contributed by atoms with Crippen LogP contribution in [-0.4, -0.2) is 23.4 Å². The van der Waals surface area contributed by atoms with Crippen LogP contribution in [0.5, 0.6) is 0 Å². The summed E-state index contributed by atoms with van der Waals surface area (Å²) in [7, 11) is 0. The van der Waals surface area contributed by atoms with Crippen LogP contribution < -0.4 is 0 Å². The average Bonchev–Trinajstić information content (AvgIpc) is 2.66. The van der Waals surface area contributed by atoms with Gasteiger partial charge in [0.1, 0.15) is 5.82 Å². The van der Waals surface area contributed by atoms with Crippen molar-refractivity contribution in [3.63, 3.8) is 0 Å². The highest BCUT2D eigenvalue weighted by Gasteiger charge is 2.25. The van der Waals surface area contributed by atoms with E-state index in [2.05, 4.69) is 6.92 Å². The standard InChI is InChI=1S/C16H22FNO/c1-3-14-7-5-4-6-10-18(14)16(19)13-8-9-15(17)12(2)11-13/h8-9,11,14H,3-7,10H2,1-2H3. The first-order valence-electron chi connectivity index (χ1n) is 7.20. The second kappa shape index (κ2) is 6.18. The number of likely N-dealkylation sites (tertiary alicyclic amines) is 1. The molecule has 0 aromatic heterocycles. The van der Waals surface area contributed by atoms with Crippen LogP contribution in [0, 0.1) is 12.7 Å². The first kappa shape index (κ1) is 14.0. The molecule has 1 amide bonds. The molecule has 1 aliphatic rings. The van der Waals surface area contributed by atoms with Crippen molar-refractivity contribution in [2.24, 2.45) is 0 Å². The second-order valence-electron chi connectivity index (χ2n) is 5.37. The van der Waals surface area contributed by atoms with E-state index >= 15 is 0 Å². The molecule has 0 bridgehead atoms. The number of hydrogen-bond donors (Lipinski definition) is 0. The van der Waals surface area contributed by atoms with Crippen molar-refractivity contribution >= 4 is 5.91 Å². The number of hydrogen-bond acceptors (Lipinski definition) is 1. The predicted octanol–water partition coefficient (Wildman–Crippen LogP) is 3.93. The number of amides is 1. The lowest BCUT2D eigenvalue weighted by molar-refractivity contribution is 0.0678. The molecule has 1 heterocycles. The summed E-state index contributed by atoms with van der Waals surface area (Å²) in [5, 5.41) is 0. The van der Waals surface area contributed by atoms with E-state index in [4.69, 9.17) is 0 Å². The van der Waals surface area contributed by atoms with Gasteiger partial charge in [-0.1, -0.05) is 19.8 Å². The van der Waals surface area contributed by atoms with Gasteiger partial charge in [0, 0.05) is 18.2 Å². The Kier molecular flexibility index (Phi) is 4.56. The maximum Gasteiger partial charge on any atom is 0.254 e. The van der Waals surface area contributed by atoms with Crippen molar-refractivity contribution in [2.45, 2.75) is 52.0 Å². The molecule has 1 aromatic carbocycles. The highest BCUT2D eigenvalue weighted by atomic mass is 19.1. The van der Waals surface area contributed by atoms with E-state index in [9.17, 15) is 9.18 Å². The molecule has 3 heteroatoms. The third kappa shape index (κ3) is 3.14. The van der Waals surface area contributed by atoms with E-state index < -0.39 is 0 Å². The van der Waals surface area contributed by atoms with Crippen LogP contribution in [-0.2, 0) is 0 Å². The highest BCUT2D eigenvalue weighted by molar-refractivity contribution is 5.94. The van der Waals surface area contributed by atoms with Gasteiger partial charge in [-0.3, -0.25) is 4.79 Å². The Morgan fingerprint density at radius 3 is 2.84 bits per heavy atom. The number of nitrogens with zero attached hydrogens (tertiary/aromatic N) is 1. The Hall–Kier alpha value is -1.38. The van der Waals surface area contributed by atoms with Crippen molar-refractivity contribution in [2.75, 3.05) is 6.54 Å². The van der Waals surface area contributed by atoms with Crippen LogP contribution in [0.2, 0.25) is 0 Å². The summed E-state index contributed by atoms with van der Waals surface area (Å²) in [6.45, 7) is 4.66. The fourth-order valence-electron chi connectivity index (χ4n) is 2.81. The lowest BCUT2D eigenvalue weighted by Gasteiger charge is -2.29. The van der Waals surface area contributed by atoms with Gasteiger partial charge in [-0.05, 0) is 49.9 Å². The fourth-order valence-corrected chi connectivity index (χ4v) is 2.81. The van der Waals surface area contributed by atoms with E-state index in [0.29, 0.717) is 17.2 Å². The largest absolute Gasteiger partial charge is 0.336 e. The Morgan fingerprint density at radius 2 is 2.16 bits per heavy atom. The Balaban J connectivity index is 2.22. The topological polar surface area (TPSA) is 20.3 Å². The van der Waals surface area contributed by atoms with Gasteiger partial charge in [0.2, 0.25) is 0 Å². The fraction of sp³-hybridized carbons (Fsp3) is 0.562. The molecule has 0 spiro atoms. The van der Waals surface area contributed by atoms with Crippen LogP contribution in [0.15, 0.2) is 18.2 Å². The van der Waals surface area contributed by atoms with E-state index in [1.54, 1.807) is 19.1 Å². The molecule has 2 nitrogen and oxygen atoms in total. The summed E-state index contributed by atoms with van der Waals surface area (Å²) >= 11 is 0. The molecule has 1 saturated heterocycles. The van der Waals surface area contributed by atoms with Gasteiger partial charge >= 0.3 is 0 Å². The summed E-state index contributed by atoms with van der Waals surface area (Å²) < 4.78 is 13.3. The maximum absolute atomic E-state index is 13.3.